The topological polar surface area (TPSA) is 51.4 Å². The molecule has 1 fully saturated rings. The highest BCUT2D eigenvalue weighted by molar-refractivity contribution is 4.68. The largest absolute Gasteiger partial charge is 0.314 e. The van der Waals surface area contributed by atoms with Crippen LogP contribution >= 0.6 is 0 Å². The summed E-state index contributed by atoms with van der Waals surface area (Å²) >= 11 is 0. The summed E-state index contributed by atoms with van der Waals surface area (Å²) in [4.78, 5) is 2.52. The highest BCUT2D eigenvalue weighted by Gasteiger charge is 2.07. The molecule has 1 rings (SSSR count). The molecule has 5 nitrogen and oxygen atoms in total. The molecule has 4 N–H and O–H groups in total. The van der Waals surface area contributed by atoms with E-state index in [-0.39, 0.29) is 0 Å². The van der Waals surface area contributed by atoms with Crippen molar-refractivity contribution in [3.8, 4) is 0 Å². The van der Waals surface area contributed by atoms with Crippen molar-refractivity contribution in [3.63, 3.8) is 0 Å². The predicted molar refractivity (Wildman–Crippen MR) is 78.2 cm³/mol. The second-order valence-corrected chi connectivity index (χ2v) is 5.20. The molecule has 0 bridgehead atoms. The number of hydrogen-bond acceptors (Lipinski definition) is 5. The lowest BCUT2D eigenvalue weighted by atomic mass is 10.3. The minimum atomic E-state index is 0.587. The van der Waals surface area contributed by atoms with E-state index in [9.17, 15) is 0 Å². The summed E-state index contributed by atoms with van der Waals surface area (Å²) in [5, 5.41) is 13.7. The van der Waals surface area contributed by atoms with Crippen LogP contribution in [0.4, 0.5) is 0 Å². The fourth-order valence-corrected chi connectivity index (χ4v) is 2.05. The third-order valence-electron chi connectivity index (χ3n) is 3.15. The Hall–Kier alpha value is -0.200. The van der Waals surface area contributed by atoms with Gasteiger partial charge in [-0.05, 0) is 0 Å². The summed E-state index contributed by atoms with van der Waals surface area (Å²) in [6.07, 6.45) is 0. The van der Waals surface area contributed by atoms with Crippen LogP contribution < -0.4 is 21.3 Å². The first-order valence-corrected chi connectivity index (χ1v) is 7.37. The zero-order valence-corrected chi connectivity index (χ0v) is 12.1. The molecular weight excluding hydrogens is 226 g/mol. The Morgan fingerprint density at radius 3 is 2.22 bits per heavy atom. The van der Waals surface area contributed by atoms with E-state index in [4.69, 9.17) is 0 Å². The summed E-state index contributed by atoms with van der Waals surface area (Å²) in [6, 6.07) is 0.587. The number of nitrogens with zero attached hydrogens (tertiary/aromatic N) is 1. The highest BCUT2D eigenvalue weighted by atomic mass is 15.2. The number of nitrogens with one attached hydrogen (secondary N) is 4. The summed E-state index contributed by atoms with van der Waals surface area (Å²) in [5.41, 5.74) is 0. The Labute approximate surface area is 112 Å². The monoisotopic (exact) mass is 257 g/mol. The maximum Gasteiger partial charge on any atom is 0.0108 e. The number of hydrogen-bond donors (Lipinski definition) is 4. The van der Waals surface area contributed by atoms with Gasteiger partial charge >= 0.3 is 0 Å². The van der Waals surface area contributed by atoms with Crippen LogP contribution in [0, 0.1) is 0 Å². The summed E-state index contributed by atoms with van der Waals surface area (Å²) in [7, 11) is 0. The molecule has 1 saturated heterocycles. The van der Waals surface area contributed by atoms with Gasteiger partial charge in [-0.15, -0.1) is 0 Å². The second kappa shape index (κ2) is 10.7. The van der Waals surface area contributed by atoms with E-state index in [1.165, 1.54) is 19.6 Å². The van der Waals surface area contributed by atoms with Crippen molar-refractivity contribution in [2.45, 2.75) is 19.9 Å². The lowest BCUT2D eigenvalue weighted by Crippen LogP contribution is -2.46. The number of rotatable bonds is 10. The molecule has 1 heterocycles. The SMILES string of the molecule is CC(C)NCCNCCNCCN1CCNCC1. The zero-order chi connectivity index (χ0) is 13.1. The van der Waals surface area contributed by atoms with Crippen molar-refractivity contribution < 1.29 is 0 Å². The van der Waals surface area contributed by atoms with E-state index in [1.807, 2.05) is 0 Å². The van der Waals surface area contributed by atoms with Crippen molar-refractivity contribution in [1.82, 2.24) is 26.2 Å². The van der Waals surface area contributed by atoms with Gasteiger partial charge < -0.3 is 21.3 Å². The third-order valence-corrected chi connectivity index (χ3v) is 3.15. The normalized spacial score (nSPS) is 17.5. The zero-order valence-electron chi connectivity index (χ0n) is 12.1. The molecule has 0 atom stereocenters. The molecule has 0 aliphatic carbocycles. The Balaban J connectivity index is 1.75. The lowest BCUT2D eigenvalue weighted by molar-refractivity contribution is 0.241. The highest BCUT2D eigenvalue weighted by Crippen LogP contribution is 1.89. The summed E-state index contributed by atoms with van der Waals surface area (Å²) in [6.45, 7) is 15.5. The Morgan fingerprint density at radius 1 is 0.944 bits per heavy atom. The molecule has 108 valence electrons. The van der Waals surface area contributed by atoms with Gasteiger partial charge in [0.2, 0.25) is 0 Å². The molecule has 0 unspecified atom stereocenters. The van der Waals surface area contributed by atoms with Gasteiger partial charge in [-0.2, -0.15) is 0 Å². The fourth-order valence-electron chi connectivity index (χ4n) is 2.05. The molecule has 0 radical (unpaired) electrons. The van der Waals surface area contributed by atoms with E-state index in [1.54, 1.807) is 0 Å². The van der Waals surface area contributed by atoms with Gasteiger partial charge in [0.15, 0.2) is 0 Å². The first-order valence-electron chi connectivity index (χ1n) is 7.37. The molecule has 0 saturated carbocycles. The van der Waals surface area contributed by atoms with Crippen molar-refractivity contribution in [2.75, 3.05) is 65.4 Å². The van der Waals surface area contributed by atoms with Crippen LogP contribution in [0.5, 0.6) is 0 Å². The van der Waals surface area contributed by atoms with Gasteiger partial charge in [-0.3, -0.25) is 4.90 Å². The molecule has 18 heavy (non-hydrogen) atoms. The minimum absolute atomic E-state index is 0.587. The molecule has 1 aliphatic heterocycles. The lowest BCUT2D eigenvalue weighted by Gasteiger charge is -2.27. The van der Waals surface area contributed by atoms with Crippen molar-refractivity contribution in [2.24, 2.45) is 0 Å². The molecule has 1 aliphatic rings. The van der Waals surface area contributed by atoms with Gasteiger partial charge in [0.1, 0.15) is 0 Å². The summed E-state index contributed by atoms with van der Waals surface area (Å²) in [5.74, 6) is 0. The van der Waals surface area contributed by atoms with Crippen molar-refractivity contribution in [3.05, 3.63) is 0 Å². The Morgan fingerprint density at radius 2 is 1.56 bits per heavy atom. The van der Waals surface area contributed by atoms with Crippen LogP contribution in [0.3, 0.4) is 0 Å². The Kier molecular flexibility index (Phi) is 9.42. The Bertz CT molecular complexity index is 180. The third kappa shape index (κ3) is 8.83. The fraction of sp³-hybridized carbons (Fsp3) is 1.00. The van der Waals surface area contributed by atoms with Crippen molar-refractivity contribution >= 4 is 0 Å². The molecule has 0 aromatic carbocycles. The van der Waals surface area contributed by atoms with Crippen LogP contribution in [-0.2, 0) is 0 Å². The maximum absolute atomic E-state index is 3.49. The van der Waals surface area contributed by atoms with E-state index in [0.717, 1.165) is 45.8 Å². The van der Waals surface area contributed by atoms with Crippen LogP contribution in [0.1, 0.15) is 13.8 Å². The van der Waals surface area contributed by atoms with Crippen LogP contribution in [-0.4, -0.2) is 76.4 Å². The first kappa shape index (κ1) is 15.9. The van der Waals surface area contributed by atoms with Crippen molar-refractivity contribution in [1.29, 1.82) is 0 Å². The van der Waals surface area contributed by atoms with Crippen LogP contribution in [0.2, 0.25) is 0 Å². The van der Waals surface area contributed by atoms with Crippen LogP contribution in [0.25, 0.3) is 0 Å². The standard InChI is InChI=1S/C13H31N5/c1-13(2)17-6-5-14-3-4-15-7-10-18-11-8-16-9-12-18/h13-17H,3-12H2,1-2H3. The molecular formula is C13H31N5. The first-order chi connectivity index (χ1) is 8.79. The molecule has 5 heteroatoms. The number of piperazine rings is 1. The molecule has 0 aromatic rings. The van der Waals surface area contributed by atoms with Crippen LogP contribution in [0.15, 0.2) is 0 Å². The quantitative estimate of drug-likeness (QED) is 0.381. The molecule has 0 aromatic heterocycles. The molecule has 0 spiro atoms. The van der Waals surface area contributed by atoms with Gasteiger partial charge in [0.25, 0.3) is 0 Å². The molecule has 0 amide bonds. The average molecular weight is 257 g/mol. The van der Waals surface area contributed by atoms with Gasteiger partial charge in [0.05, 0.1) is 0 Å². The van der Waals surface area contributed by atoms with E-state index in [2.05, 4.69) is 40.0 Å². The van der Waals surface area contributed by atoms with Gasteiger partial charge in [-0.25, -0.2) is 0 Å². The van der Waals surface area contributed by atoms with Gasteiger partial charge in [-0.1, -0.05) is 13.8 Å². The second-order valence-electron chi connectivity index (χ2n) is 5.20. The van der Waals surface area contributed by atoms with E-state index in [0.29, 0.717) is 6.04 Å². The minimum Gasteiger partial charge on any atom is -0.314 e. The van der Waals surface area contributed by atoms with Gasteiger partial charge in [0, 0.05) is 71.5 Å². The maximum atomic E-state index is 3.49. The van der Waals surface area contributed by atoms with E-state index >= 15 is 0 Å². The predicted octanol–water partition coefficient (Wildman–Crippen LogP) is -0.931. The smallest absolute Gasteiger partial charge is 0.0108 e. The summed E-state index contributed by atoms with van der Waals surface area (Å²) < 4.78 is 0. The van der Waals surface area contributed by atoms with E-state index < -0.39 is 0 Å². The average Bonchev–Trinajstić information content (AvgIpc) is 2.37.